The zero-order valence-corrected chi connectivity index (χ0v) is 18.8. The Balaban J connectivity index is 0.000000484. The average Bonchev–Trinajstić information content (AvgIpc) is 2.80. The molecule has 2 rings (SSSR count). The van der Waals surface area contributed by atoms with Gasteiger partial charge in [-0.25, -0.2) is 0 Å². The van der Waals surface area contributed by atoms with Crippen molar-refractivity contribution in [2.24, 2.45) is 0 Å². The van der Waals surface area contributed by atoms with Crippen molar-refractivity contribution in [1.29, 1.82) is 0 Å². The third kappa shape index (κ3) is 12.1. The molecule has 0 aromatic heterocycles. The maximum atomic E-state index is 9.63. The smallest absolute Gasteiger partial charge is 0.128 e. The molecule has 4 atom stereocenters. The minimum absolute atomic E-state index is 0.228. The Morgan fingerprint density at radius 2 is 0.941 bits per heavy atom. The molecule has 0 amide bonds. The number of carboxylic acids is 2. The van der Waals surface area contributed by atoms with Crippen LogP contribution in [0.2, 0.25) is 0 Å². The fourth-order valence-corrected chi connectivity index (χ4v) is 2.37. The van der Waals surface area contributed by atoms with E-state index in [0.717, 1.165) is 11.1 Å². The second-order valence-electron chi connectivity index (χ2n) is 7.03. The summed E-state index contributed by atoms with van der Waals surface area (Å²) in [5.74, 6) is -3.66. The molecule has 190 valence electrons. The maximum Gasteiger partial charge on any atom is 0.128 e. The monoisotopic (exact) mass is 484 g/mol. The van der Waals surface area contributed by atoms with E-state index >= 15 is 0 Å². The lowest BCUT2D eigenvalue weighted by molar-refractivity contribution is -0.634. The number of hydrogen-bond donors (Lipinski definition) is 8. The number of carboxylic acid groups (broad SMARTS) is 2. The van der Waals surface area contributed by atoms with Gasteiger partial charge in [0, 0.05) is 0 Å². The van der Waals surface area contributed by atoms with Crippen molar-refractivity contribution < 1.29 is 61.1 Å². The van der Waals surface area contributed by atoms with Crippen LogP contribution in [-0.2, 0) is 9.59 Å². The van der Waals surface area contributed by atoms with Crippen LogP contribution >= 0.6 is 0 Å². The van der Waals surface area contributed by atoms with Crippen LogP contribution in [0.5, 0.6) is 11.5 Å². The van der Waals surface area contributed by atoms with Crippen LogP contribution in [0.1, 0.15) is 23.3 Å². The minimum Gasteiger partial charge on any atom is -0.547 e. The summed E-state index contributed by atoms with van der Waals surface area (Å²) in [5, 5.41) is 76.5. The van der Waals surface area contributed by atoms with Crippen LogP contribution in [-0.4, -0.2) is 82.0 Å². The molecule has 12 heteroatoms. The Labute approximate surface area is 196 Å². The molecule has 10 N–H and O–H groups in total. The molecule has 0 saturated carbocycles. The number of quaternary nitrogens is 2. The normalized spacial score (nSPS) is 13.7. The van der Waals surface area contributed by atoms with Gasteiger partial charge in [0.25, 0.3) is 0 Å². The van der Waals surface area contributed by atoms with Crippen molar-refractivity contribution in [2.75, 3.05) is 27.2 Å². The van der Waals surface area contributed by atoms with E-state index in [0.29, 0.717) is 13.1 Å². The molecule has 0 saturated heterocycles. The number of phenols is 2. The minimum atomic E-state index is -2.44. The van der Waals surface area contributed by atoms with Crippen LogP contribution in [0, 0.1) is 0 Å². The van der Waals surface area contributed by atoms with Gasteiger partial charge in [-0.3, -0.25) is 0 Å². The standard InChI is InChI=1S/2C9H13NO2.C4H6O6/c2*1-10-6-9(12)7-2-4-8(11)5-3-7;5-1(3(7)8)2(6)4(9)10/h2*2-5,9-12H,6H2,1H3;1-2,5-6H,(H,7,8)(H,9,10)/t2*9-;1-,2-/m000/s1. The Bertz CT molecular complexity index is 774. The van der Waals surface area contributed by atoms with Crippen molar-refractivity contribution in [3.05, 3.63) is 59.7 Å². The third-order valence-corrected chi connectivity index (χ3v) is 4.26. The SMILES string of the molecule is C[NH2+]C[C@H](O)c1ccc(O)cc1.C[NH2+]C[C@H](O)c1ccc(O)cc1.O=C([O-])[C@@H](O)[C@H](O)C(=O)[O-]. The zero-order valence-electron chi connectivity index (χ0n) is 18.8. The van der Waals surface area contributed by atoms with Crippen LogP contribution in [0.25, 0.3) is 0 Å². The van der Waals surface area contributed by atoms with Crippen molar-refractivity contribution in [1.82, 2.24) is 0 Å². The molecule has 0 unspecified atom stereocenters. The quantitative estimate of drug-likeness (QED) is 0.168. The molecule has 12 nitrogen and oxygen atoms in total. The number of aromatic hydroxyl groups is 2. The number of aliphatic hydroxyl groups is 4. The van der Waals surface area contributed by atoms with Crippen LogP contribution in [0.15, 0.2) is 48.5 Å². The maximum absolute atomic E-state index is 9.63. The molecule has 0 spiro atoms. The number of nitrogens with two attached hydrogens (primary N) is 2. The molecule has 0 bridgehead atoms. The summed E-state index contributed by atoms with van der Waals surface area (Å²) in [6.45, 7) is 1.29. The molecule has 2 aromatic carbocycles. The summed E-state index contributed by atoms with van der Waals surface area (Å²) >= 11 is 0. The fraction of sp³-hybridized carbons (Fsp3) is 0.364. The highest BCUT2D eigenvalue weighted by molar-refractivity contribution is 5.80. The third-order valence-electron chi connectivity index (χ3n) is 4.26. The van der Waals surface area contributed by atoms with E-state index in [2.05, 4.69) is 0 Å². The van der Waals surface area contributed by atoms with E-state index in [1.54, 1.807) is 48.5 Å². The molecule has 2 aromatic rings. The lowest BCUT2D eigenvalue weighted by Crippen LogP contribution is -2.80. The lowest BCUT2D eigenvalue weighted by Gasteiger charge is -2.18. The second-order valence-corrected chi connectivity index (χ2v) is 7.03. The number of hydrogen-bond acceptors (Lipinski definition) is 10. The van der Waals surface area contributed by atoms with Gasteiger partial charge in [0.2, 0.25) is 0 Å². The number of likely N-dealkylation sites (N-methyl/N-ethyl adjacent to an activating group) is 2. The molecule has 0 heterocycles. The number of carbonyl (C=O) groups is 2. The molecule has 0 aliphatic rings. The van der Waals surface area contributed by atoms with Crippen LogP contribution < -0.4 is 20.8 Å². The highest BCUT2D eigenvalue weighted by Crippen LogP contribution is 2.15. The first-order chi connectivity index (χ1) is 15.9. The van der Waals surface area contributed by atoms with Crippen molar-refractivity contribution in [3.63, 3.8) is 0 Å². The Hall–Kier alpha value is -3.26. The van der Waals surface area contributed by atoms with E-state index in [1.165, 1.54) is 0 Å². The van der Waals surface area contributed by atoms with Gasteiger partial charge in [-0.2, -0.15) is 0 Å². The summed E-state index contributed by atoms with van der Waals surface area (Å²) in [7, 11) is 3.81. The van der Waals surface area contributed by atoms with Gasteiger partial charge in [-0.15, -0.1) is 0 Å². The Morgan fingerprint density at radius 3 is 1.15 bits per heavy atom. The van der Waals surface area contributed by atoms with Gasteiger partial charge in [0.15, 0.2) is 0 Å². The van der Waals surface area contributed by atoms with E-state index in [-0.39, 0.29) is 11.5 Å². The lowest BCUT2D eigenvalue weighted by atomic mass is 10.1. The number of aliphatic hydroxyl groups excluding tert-OH is 4. The van der Waals surface area contributed by atoms with Crippen molar-refractivity contribution in [3.8, 4) is 11.5 Å². The number of carbonyl (C=O) groups excluding carboxylic acids is 2. The van der Waals surface area contributed by atoms with Gasteiger partial charge < -0.3 is 61.1 Å². The average molecular weight is 485 g/mol. The highest BCUT2D eigenvalue weighted by atomic mass is 16.4. The number of benzene rings is 2. The first kappa shape index (κ1) is 30.7. The molecule has 0 fully saturated rings. The van der Waals surface area contributed by atoms with E-state index in [4.69, 9.17) is 20.4 Å². The predicted octanol–water partition coefficient (Wildman–Crippen LogP) is -5.55. The topological polar surface area (TPSA) is 235 Å². The summed E-state index contributed by atoms with van der Waals surface area (Å²) in [6.07, 6.45) is -5.78. The van der Waals surface area contributed by atoms with Gasteiger partial charge in [-0.1, -0.05) is 24.3 Å². The van der Waals surface area contributed by atoms with Crippen LogP contribution in [0.4, 0.5) is 0 Å². The summed E-state index contributed by atoms with van der Waals surface area (Å²) in [4.78, 5) is 19.3. The fourth-order valence-electron chi connectivity index (χ4n) is 2.37. The predicted molar refractivity (Wildman–Crippen MR) is 114 cm³/mol. The van der Waals surface area contributed by atoms with Gasteiger partial charge in [0.1, 0.15) is 49.0 Å². The van der Waals surface area contributed by atoms with E-state index in [1.807, 2.05) is 24.7 Å². The van der Waals surface area contributed by atoms with E-state index in [9.17, 15) is 30.0 Å². The van der Waals surface area contributed by atoms with Crippen molar-refractivity contribution in [2.45, 2.75) is 24.4 Å². The van der Waals surface area contributed by atoms with Gasteiger partial charge in [0.05, 0.1) is 26.0 Å². The molecular formula is C22H32N2O10. The highest BCUT2D eigenvalue weighted by Gasteiger charge is 2.17. The summed E-state index contributed by atoms with van der Waals surface area (Å²) in [5.41, 5.74) is 1.68. The van der Waals surface area contributed by atoms with E-state index < -0.39 is 36.4 Å². The largest absolute Gasteiger partial charge is 0.547 e. The molecule has 0 aliphatic carbocycles. The van der Waals surface area contributed by atoms with Crippen LogP contribution in [0.3, 0.4) is 0 Å². The van der Waals surface area contributed by atoms with Gasteiger partial charge >= 0.3 is 0 Å². The first-order valence-corrected chi connectivity index (χ1v) is 10.2. The molecular weight excluding hydrogens is 452 g/mol. The molecule has 0 radical (unpaired) electrons. The molecule has 0 aliphatic heterocycles. The van der Waals surface area contributed by atoms with Crippen molar-refractivity contribution >= 4 is 11.9 Å². The Morgan fingerprint density at radius 1 is 0.676 bits per heavy atom. The summed E-state index contributed by atoms with van der Waals surface area (Å²) in [6, 6.07) is 13.2. The number of aliphatic carboxylic acids is 2. The Kier molecular flexibility index (Phi) is 14.8. The molecule has 34 heavy (non-hydrogen) atoms. The first-order valence-electron chi connectivity index (χ1n) is 10.2. The zero-order chi connectivity index (χ0) is 26.3. The number of phenolic OH excluding ortho intramolecular Hbond substituents is 2. The number of rotatable bonds is 9. The summed E-state index contributed by atoms with van der Waals surface area (Å²) < 4.78 is 0. The second kappa shape index (κ2) is 16.4. The van der Waals surface area contributed by atoms with Gasteiger partial charge in [-0.05, 0) is 35.4 Å².